The second-order valence-electron chi connectivity index (χ2n) is 6.71. The largest absolute Gasteiger partial charge is 0.484 e. The second-order valence-corrected chi connectivity index (χ2v) is 8.07. The molecule has 0 radical (unpaired) electrons. The molecule has 0 aliphatic heterocycles. The Morgan fingerprint density at radius 1 is 1.21 bits per heavy atom. The van der Waals surface area contributed by atoms with Gasteiger partial charge in [-0.25, -0.2) is 0 Å². The number of ether oxygens (including phenoxy) is 1. The molecule has 0 aliphatic carbocycles. The van der Waals surface area contributed by atoms with Gasteiger partial charge in [0, 0.05) is 22.6 Å². The lowest BCUT2D eigenvalue weighted by molar-refractivity contribution is -0.142. The molecular formula is C22H26BrClN2O3. The molecule has 0 aromatic heterocycles. The molecule has 0 unspecified atom stereocenters. The van der Waals surface area contributed by atoms with Crippen molar-refractivity contribution in [2.24, 2.45) is 0 Å². The molecule has 0 spiro atoms. The van der Waals surface area contributed by atoms with E-state index in [0.29, 0.717) is 17.3 Å². The highest BCUT2D eigenvalue weighted by Gasteiger charge is 2.26. The molecule has 2 aromatic carbocycles. The molecule has 0 heterocycles. The summed E-state index contributed by atoms with van der Waals surface area (Å²) in [6.45, 7) is 4.49. The second kappa shape index (κ2) is 11.8. The summed E-state index contributed by atoms with van der Waals surface area (Å²) in [5, 5.41) is 3.48. The average molecular weight is 482 g/mol. The number of nitrogens with one attached hydrogen (secondary N) is 1. The van der Waals surface area contributed by atoms with Crippen molar-refractivity contribution < 1.29 is 14.3 Å². The molecule has 2 aromatic rings. The third-order valence-electron chi connectivity index (χ3n) is 4.41. The van der Waals surface area contributed by atoms with Gasteiger partial charge in [-0.2, -0.15) is 0 Å². The Morgan fingerprint density at radius 3 is 2.59 bits per heavy atom. The van der Waals surface area contributed by atoms with E-state index in [4.69, 9.17) is 16.3 Å². The third kappa shape index (κ3) is 7.71. The number of carbonyl (C=O) groups is 2. The smallest absolute Gasteiger partial charge is 0.261 e. The van der Waals surface area contributed by atoms with Crippen LogP contribution in [0.5, 0.6) is 5.75 Å². The topological polar surface area (TPSA) is 58.6 Å². The molecule has 1 atom stereocenters. The van der Waals surface area contributed by atoms with Gasteiger partial charge < -0.3 is 15.0 Å². The Hall–Kier alpha value is -2.05. The normalized spacial score (nSPS) is 11.6. The van der Waals surface area contributed by atoms with E-state index in [-0.39, 0.29) is 25.0 Å². The van der Waals surface area contributed by atoms with Crippen molar-refractivity contribution in [1.82, 2.24) is 10.2 Å². The highest BCUT2D eigenvalue weighted by atomic mass is 79.9. The van der Waals surface area contributed by atoms with Gasteiger partial charge in [0.05, 0.1) is 0 Å². The minimum absolute atomic E-state index is 0.158. The highest BCUT2D eigenvalue weighted by molar-refractivity contribution is 9.10. The molecular weight excluding hydrogens is 456 g/mol. The standard InChI is InChI=1S/C22H26BrClN2O3/c1-3-4-12-25-22(28)16(2)26(14-17-6-5-7-19(24)13-17)21(27)15-29-20-10-8-18(23)9-11-20/h5-11,13,16H,3-4,12,14-15H2,1-2H3,(H,25,28)/t16-/m1/s1. The van der Waals surface area contributed by atoms with Crippen molar-refractivity contribution in [1.29, 1.82) is 0 Å². The zero-order valence-electron chi connectivity index (χ0n) is 16.7. The first kappa shape index (κ1) is 23.2. The Bertz CT molecular complexity index is 814. The van der Waals surface area contributed by atoms with Gasteiger partial charge in [0.25, 0.3) is 5.91 Å². The molecule has 2 amide bonds. The lowest BCUT2D eigenvalue weighted by Crippen LogP contribution is -2.49. The Balaban J connectivity index is 2.10. The van der Waals surface area contributed by atoms with Gasteiger partial charge in [-0.05, 0) is 55.3 Å². The van der Waals surface area contributed by atoms with Crippen LogP contribution in [0, 0.1) is 0 Å². The molecule has 0 fully saturated rings. The third-order valence-corrected chi connectivity index (χ3v) is 5.18. The molecule has 0 saturated carbocycles. The molecule has 29 heavy (non-hydrogen) atoms. The van der Waals surface area contributed by atoms with Gasteiger partial charge in [-0.1, -0.05) is 53.0 Å². The van der Waals surface area contributed by atoms with Crippen molar-refractivity contribution in [3.05, 3.63) is 63.6 Å². The van der Waals surface area contributed by atoms with E-state index in [1.54, 1.807) is 31.2 Å². The molecule has 156 valence electrons. The van der Waals surface area contributed by atoms with E-state index in [1.807, 2.05) is 24.3 Å². The van der Waals surface area contributed by atoms with Crippen LogP contribution in [0.25, 0.3) is 0 Å². The molecule has 0 aliphatic rings. The van der Waals surface area contributed by atoms with Crippen LogP contribution in [0.4, 0.5) is 0 Å². The Morgan fingerprint density at radius 2 is 1.93 bits per heavy atom. The van der Waals surface area contributed by atoms with Crippen LogP contribution in [0.3, 0.4) is 0 Å². The predicted molar refractivity (Wildman–Crippen MR) is 119 cm³/mol. The molecule has 2 rings (SSSR count). The number of hydrogen-bond acceptors (Lipinski definition) is 3. The first-order chi connectivity index (χ1) is 13.9. The number of halogens is 2. The van der Waals surface area contributed by atoms with E-state index in [1.165, 1.54) is 4.90 Å². The fraction of sp³-hybridized carbons (Fsp3) is 0.364. The number of nitrogens with zero attached hydrogens (tertiary/aromatic N) is 1. The van der Waals surface area contributed by atoms with E-state index < -0.39 is 6.04 Å². The van der Waals surface area contributed by atoms with Crippen LogP contribution in [0.2, 0.25) is 5.02 Å². The summed E-state index contributed by atoms with van der Waals surface area (Å²) in [5.74, 6) is 0.132. The minimum atomic E-state index is -0.633. The van der Waals surface area contributed by atoms with Gasteiger partial charge in [0.1, 0.15) is 11.8 Å². The first-order valence-electron chi connectivity index (χ1n) is 9.60. The van der Waals surface area contributed by atoms with Crippen LogP contribution in [-0.2, 0) is 16.1 Å². The number of hydrogen-bond donors (Lipinski definition) is 1. The number of amides is 2. The Labute approximate surface area is 185 Å². The van der Waals surface area contributed by atoms with Crippen LogP contribution in [0.15, 0.2) is 53.0 Å². The van der Waals surface area contributed by atoms with Crippen LogP contribution < -0.4 is 10.1 Å². The summed E-state index contributed by atoms with van der Waals surface area (Å²) >= 11 is 9.44. The number of rotatable bonds is 10. The molecule has 1 N–H and O–H groups in total. The summed E-state index contributed by atoms with van der Waals surface area (Å²) in [7, 11) is 0. The van der Waals surface area contributed by atoms with Crippen LogP contribution >= 0.6 is 27.5 Å². The van der Waals surface area contributed by atoms with E-state index in [9.17, 15) is 9.59 Å². The Kier molecular flexibility index (Phi) is 9.48. The van der Waals surface area contributed by atoms with Gasteiger partial charge >= 0.3 is 0 Å². The monoisotopic (exact) mass is 480 g/mol. The van der Waals surface area contributed by atoms with Crippen molar-refractivity contribution in [2.75, 3.05) is 13.2 Å². The first-order valence-corrected chi connectivity index (χ1v) is 10.8. The van der Waals surface area contributed by atoms with Crippen LogP contribution in [-0.4, -0.2) is 35.9 Å². The quantitative estimate of drug-likeness (QED) is 0.495. The van der Waals surface area contributed by atoms with E-state index in [0.717, 1.165) is 22.9 Å². The fourth-order valence-electron chi connectivity index (χ4n) is 2.71. The van der Waals surface area contributed by atoms with Crippen LogP contribution in [0.1, 0.15) is 32.3 Å². The zero-order chi connectivity index (χ0) is 21.2. The SMILES string of the molecule is CCCCNC(=O)[C@@H](C)N(Cc1cccc(Cl)c1)C(=O)COc1ccc(Br)cc1. The van der Waals surface area contributed by atoms with Crippen molar-refractivity contribution in [3.8, 4) is 5.75 Å². The van der Waals surface area contributed by atoms with E-state index >= 15 is 0 Å². The maximum absolute atomic E-state index is 12.9. The summed E-state index contributed by atoms with van der Waals surface area (Å²) in [4.78, 5) is 27.0. The fourth-order valence-corrected chi connectivity index (χ4v) is 3.19. The predicted octanol–water partition coefficient (Wildman–Crippen LogP) is 4.81. The average Bonchev–Trinajstić information content (AvgIpc) is 2.71. The maximum atomic E-state index is 12.9. The van der Waals surface area contributed by atoms with Crippen molar-refractivity contribution in [2.45, 2.75) is 39.3 Å². The van der Waals surface area contributed by atoms with Gasteiger partial charge in [-0.15, -0.1) is 0 Å². The lowest BCUT2D eigenvalue weighted by Gasteiger charge is -2.28. The highest BCUT2D eigenvalue weighted by Crippen LogP contribution is 2.18. The molecule has 0 saturated heterocycles. The van der Waals surface area contributed by atoms with Gasteiger partial charge in [0.15, 0.2) is 6.61 Å². The summed E-state index contributed by atoms with van der Waals surface area (Å²) in [5.41, 5.74) is 0.850. The lowest BCUT2D eigenvalue weighted by atomic mass is 10.1. The molecule has 7 heteroatoms. The zero-order valence-corrected chi connectivity index (χ0v) is 19.0. The summed E-state index contributed by atoms with van der Waals surface area (Å²) < 4.78 is 6.55. The number of benzene rings is 2. The number of carbonyl (C=O) groups excluding carboxylic acids is 2. The van der Waals surface area contributed by atoms with E-state index in [2.05, 4.69) is 28.2 Å². The van der Waals surface area contributed by atoms with Gasteiger partial charge in [0.2, 0.25) is 5.91 Å². The van der Waals surface area contributed by atoms with Crippen molar-refractivity contribution in [3.63, 3.8) is 0 Å². The summed E-state index contributed by atoms with van der Waals surface area (Å²) in [6, 6.07) is 13.9. The minimum Gasteiger partial charge on any atom is -0.484 e. The number of unbranched alkanes of at least 4 members (excludes halogenated alkanes) is 1. The maximum Gasteiger partial charge on any atom is 0.261 e. The molecule has 5 nitrogen and oxygen atoms in total. The van der Waals surface area contributed by atoms with Gasteiger partial charge in [-0.3, -0.25) is 9.59 Å². The summed E-state index contributed by atoms with van der Waals surface area (Å²) in [6.07, 6.45) is 1.88. The van der Waals surface area contributed by atoms with Crippen molar-refractivity contribution >= 4 is 39.3 Å². The molecule has 0 bridgehead atoms.